The van der Waals surface area contributed by atoms with Crippen molar-refractivity contribution in [3.8, 4) is 0 Å². The van der Waals surface area contributed by atoms with Crippen LogP contribution in [0.3, 0.4) is 0 Å². The molecule has 2 fully saturated rings. The van der Waals surface area contributed by atoms with Crippen LogP contribution in [0.15, 0.2) is 24.3 Å². The summed E-state index contributed by atoms with van der Waals surface area (Å²) in [5.41, 5.74) is 0.675. The number of likely N-dealkylation sites (tertiary alicyclic amines) is 1. The second-order valence-electron chi connectivity index (χ2n) is 5.64. The molecule has 1 aromatic rings. The molecule has 0 unspecified atom stereocenters. The minimum atomic E-state index is -0.764. The summed E-state index contributed by atoms with van der Waals surface area (Å²) in [5.74, 6) is -0.557. The smallest absolute Gasteiger partial charge is 0.308 e. The number of rotatable bonds is 3. The van der Waals surface area contributed by atoms with Gasteiger partial charge in [-0.3, -0.25) is 9.59 Å². The number of carboxylic acid groups (broad SMARTS) is 1. The maximum atomic E-state index is 12.6. The second kappa shape index (κ2) is 5.35. The van der Waals surface area contributed by atoms with Crippen LogP contribution in [0.1, 0.15) is 23.2 Å². The Morgan fingerprint density at radius 1 is 1.20 bits per heavy atom. The first-order chi connectivity index (χ1) is 9.58. The highest BCUT2D eigenvalue weighted by Crippen LogP contribution is 2.44. The summed E-state index contributed by atoms with van der Waals surface area (Å²) < 4.78 is 0.914. The lowest BCUT2D eigenvalue weighted by molar-refractivity contribution is -0.142. The monoisotopic (exact) mass is 385 g/mol. The summed E-state index contributed by atoms with van der Waals surface area (Å²) in [6.45, 7) is 0.936. The zero-order valence-corrected chi connectivity index (χ0v) is 13.1. The Morgan fingerprint density at radius 2 is 1.90 bits per heavy atom. The first-order valence-electron chi connectivity index (χ1n) is 6.84. The summed E-state index contributed by atoms with van der Waals surface area (Å²) in [7, 11) is 0. The quantitative estimate of drug-likeness (QED) is 0.814. The van der Waals surface area contributed by atoms with E-state index in [-0.39, 0.29) is 11.8 Å². The predicted molar refractivity (Wildman–Crippen MR) is 82.4 cm³/mol. The van der Waals surface area contributed by atoms with Crippen molar-refractivity contribution in [3.05, 3.63) is 33.4 Å². The summed E-state index contributed by atoms with van der Waals surface area (Å²) in [5, 5.41) is 9.35. The maximum absolute atomic E-state index is 12.6. The third-order valence-electron chi connectivity index (χ3n) is 4.30. The van der Waals surface area contributed by atoms with Gasteiger partial charge in [-0.1, -0.05) is 12.1 Å². The molecule has 106 valence electrons. The molecule has 1 N–H and O–H groups in total. The number of amides is 1. The van der Waals surface area contributed by atoms with E-state index in [0.717, 1.165) is 16.4 Å². The van der Waals surface area contributed by atoms with Crippen LogP contribution in [0, 0.1) is 21.3 Å². The number of carbonyl (C=O) groups excluding carboxylic acids is 1. The van der Waals surface area contributed by atoms with Crippen LogP contribution < -0.4 is 0 Å². The standard InChI is InChI=1S/C15H16INO3/c16-13-4-2-1-3-10(13)14(18)17-7-11(9-5-6-9)12(8-17)15(19)20/h1-4,9,11-12H,5-8H2,(H,19,20)/t11-,12+/m1/s1. The number of nitrogens with zero attached hydrogens (tertiary/aromatic N) is 1. The Hall–Kier alpha value is -1.11. The van der Waals surface area contributed by atoms with Gasteiger partial charge in [0.25, 0.3) is 5.91 Å². The van der Waals surface area contributed by atoms with Gasteiger partial charge in [0.15, 0.2) is 0 Å². The molecule has 1 saturated heterocycles. The Morgan fingerprint density at radius 3 is 2.50 bits per heavy atom. The number of carboxylic acids is 1. The minimum absolute atomic E-state index is 0.0376. The molecule has 0 bridgehead atoms. The summed E-state index contributed by atoms with van der Waals surface area (Å²) in [4.78, 5) is 25.7. The Kier molecular flexibility index (Phi) is 3.70. The van der Waals surface area contributed by atoms with Gasteiger partial charge < -0.3 is 10.0 Å². The number of benzene rings is 1. The van der Waals surface area contributed by atoms with Gasteiger partial charge >= 0.3 is 5.97 Å². The van der Waals surface area contributed by atoms with E-state index in [0.29, 0.717) is 24.6 Å². The Labute approximate surface area is 131 Å². The van der Waals surface area contributed by atoms with Gasteiger partial charge in [-0.15, -0.1) is 0 Å². The van der Waals surface area contributed by atoms with E-state index >= 15 is 0 Å². The van der Waals surface area contributed by atoms with Crippen molar-refractivity contribution in [3.63, 3.8) is 0 Å². The molecule has 4 nitrogen and oxygen atoms in total. The van der Waals surface area contributed by atoms with Crippen molar-refractivity contribution in [2.75, 3.05) is 13.1 Å². The number of carbonyl (C=O) groups is 2. The van der Waals surface area contributed by atoms with Crippen LogP contribution >= 0.6 is 22.6 Å². The van der Waals surface area contributed by atoms with Gasteiger partial charge in [-0.2, -0.15) is 0 Å². The number of halogens is 1. The lowest BCUT2D eigenvalue weighted by atomic mass is 9.92. The molecule has 3 rings (SSSR count). The fraction of sp³-hybridized carbons (Fsp3) is 0.467. The summed E-state index contributed by atoms with van der Waals surface area (Å²) in [6, 6.07) is 7.45. The average Bonchev–Trinajstić information content (AvgIpc) is 3.17. The maximum Gasteiger partial charge on any atom is 0.308 e. The highest BCUT2D eigenvalue weighted by Gasteiger charge is 2.47. The molecule has 0 spiro atoms. The zero-order valence-electron chi connectivity index (χ0n) is 11.0. The van der Waals surface area contributed by atoms with E-state index in [2.05, 4.69) is 22.6 Å². The van der Waals surface area contributed by atoms with E-state index in [1.165, 1.54) is 0 Å². The summed E-state index contributed by atoms with van der Waals surface area (Å²) in [6.07, 6.45) is 2.22. The molecular weight excluding hydrogens is 369 g/mol. The van der Waals surface area contributed by atoms with Crippen LogP contribution in [-0.4, -0.2) is 35.0 Å². The average molecular weight is 385 g/mol. The first-order valence-corrected chi connectivity index (χ1v) is 7.92. The summed E-state index contributed by atoms with van der Waals surface area (Å²) >= 11 is 2.15. The molecule has 1 aromatic carbocycles. The van der Waals surface area contributed by atoms with E-state index in [9.17, 15) is 14.7 Å². The van der Waals surface area contributed by atoms with Crippen LogP contribution in [-0.2, 0) is 4.79 Å². The third kappa shape index (κ3) is 2.55. The largest absolute Gasteiger partial charge is 0.481 e. The fourth-order valence-electron chi connectivity index (χ4n) is 3.06. The molecule has 0 aromatic heterocycles. The van der Waals surface area contributed by atoms with Crippen LogP contribution in [0.2, 0.25) is 0 Å². The normalized spacial score (nSPS) is 25.8. The van der Waals surface area contributed by atoms with E-state index in [4.69, 9.17) is 0 Å². The zero-order chi connectivity index (χ0) is 14.3. The van der Waals surface area contributed by atoms with Crippen LogP contribution in [0.5, 0.6) is 0 Å². The van der Waals surface area contributed by atoms with Crippen molar-refractivity contribution in [2.45, 2.75) is 12.8 Å². The van der Waals surface area contributed by atoms with Crippen molar-refractivity contribution >= 4 is 34.5 Å². The number of aliphatic carboxylic acids is 1. The van der Waals surface area contributed by atoms with Crippen LogP contribution in [0.25, 0.3) is 0 Å². The Bertz CT molecular complexity index is 556. The topological polar surface area (TPSA) is 57.6 Å². The molecule has 1 aliphatic heterocycles. The molecule has 1 saturated carbocycles. The highest BCUT2D eigenvalue weighted by molar-refractivity contribution is 14.1. The molecule has 1 amide bonds. The molecular formula is C15H16INO3. The molecule has 5 heteroatoms. The minimum Gasteiger partial charge on any atom is -0.481 e. The van der Waals surface area contributed by atoms with Crippen molar-refractivity contribution in [1.82, 2.24) is 4.90 Å². The number of hydrogen-bond acceptors (Lipinski definition) is 2. The Balaban J connectivity index is 1.80. The van der Waals surface area contributed by atoms with Crippen LogP contribution in [0.4, 0.5) is 0 Å². The van der Waals surface area contributed by atoms with Gasteiger partial charge in [-0.05, 0) is 59.4 Å². The van der Waals surface area contributed by atoms with Gasteiger partial charge in [0.2, 0.25) is 0 Å². The van der Waals surface area contributed by atoms with Crippen molar-refractivity contribution < 1.29 is 14.7 Å². The fourth-order valence-corrected chi connectivity index (χ4v) is 3.68. The molecule has 0 radical (unpaired) electrons. The number of hydrogen-bond donors (Lipinski definition) is 1. The predicted octanol–water partition coefficient (Wildman–Crippen LogP) is 2.47. The van der Waals surface area contributed by atoms with Gasteiger partial charge in [-0.25, -0.2) is 0 Å². The van der Waals surface area contributed by atoms with E-state index in [1.807, 2.05) is 24.3 Å². The molecule has 2 atom stereocenters. The molecule has 1 aliphatic carbocycles. The molecule has 20 heavy (non-hydrogen) atoms. The first kappa shape index (κ1) is 13.9. The van der Waals surface area contributed by atoms with E-state index in [1.54, 1.807) is 4.90 Å². The molecule has 1 heterocycles. The molecule has 2 aliphatic rings. The lowest BCUT2D eigenvalue weighted by Crippen LogP contribution is -2.30. The van der Waals surface area contributed by atoms with Gasteiger partial charge in [0.1, 0.15) is 0 Å². The van der Waals surface area contributed by atoms with Gasteiger partial charge in [0.05, 0.1) is 11.5 Å². The van der Waals surface area contributed by atoms with E-state index < -0.39 is 11.9 Å². The second-order valence-corrected chi connectivity index (χ2v) is 6.80. The van der Waals surface area contributed by atoms with Crippen molar-refractivity contribution in [2.24, 2.45) is 17.8 Å². The van der Waals surface area contributed by atoms with Gasteiger partial charge in [0, 0.05) is 16.7 Å². The lowest BCUT2D eigenvalue weighted by Gasteiger charge is -2.17. The third-order valence-corrected chi connectivity index (χ3v) is 5.24. The highest BCUT2D eigenvalue weighted by atomic mass is 127. The van der Waals surface area contributed by atoms with Crippen molar-refractivity contribution in [1.29, 1.82) is 0 Å². The SMILES string of the molecule is O=C(O)[C@H]1CN(C(=O)c2ccccc2I)C[C@@H]1C1CC1.